The molecule has 0 saturated carbocycles. The highest BCUT2D eigenvalue weighted by molar-refractivity contribution is 6.31. The van der Waals surface area contributed by atoms with Crippen LogP contribution in [0.1, 0.15) is 32.6 Å². The number of carbonyl (C=O) groups is 1. The second kappa shape index (κ2) is 9.05. The number of Topliss-reactive ketones (excluding diaryl/α,β-unsaturated/α-hetero) is 1. The van der Waals surface area contributed by atoms with Gasteiger partial charge in [0.05, 0.1) is 25.3 Å². The number of hydrogen-bond donors (Lipinski definition) is 0. The highest BCUT2D eigenvalue weighted by atomic mass is 35.5. The molecule has 5 rings (SSSR count). The van der Waals surface area contributed by atoms with Crippen LogP contribution in [0.25, 0.3) is 6.08 Å². The maximum atomic E-state index is 13.3. The number of ketones is 1. The number of ether oxygens (including phenoxy) is 4. The van der Waals surface area contributed by atoms with E-state index in [1.807, 2.05) is 49.4 Å². The molecule has 0 fully saturated rings. The molecule has 0 aromatic heterocycles. The van der Waals surface area contributed by atoms with Crippen LogP contribution >= 0.6 is 11.6 Å². The van der Waals surface area contributed by atoms with E-state index in [-0.39, 0.29) is 11.5 Å². The first-order valence-electron chi connectivity index (χ1n) is 10.9. The third kappa shape index (κ3) is 4.00. The van der Waals surface area contributed by atoms with Crippen molar-refractivity contribution in [2.75, 3.05) is 21.0 Å². The van der Waals surface area contributed by atoms with Crippen molar-refractivity contribution in [3.63, 3.8) is 0 Å². The highest BCUT2D eigenvalue weighted by Gasteiger charge is 2.35. The topological polar surface area (TPSA) is 57.2 Å². The SMILES string of the molecule is COc1ccc(/C=C2\Oc3c4c(cc(C)c3C2=O)OCN(Cc2ccccc2Cl)C4)cc1OC. The van der Waals surface area contributed by atoms with Gasteiger partial charge in [0.1, 0.15) is 18.2 Å². The summed E-state index contributed by atoms with van der Waals surface area (Å²) in [5, 5.41) is 0.717. The number of benzene rings is 3. The fraction of sp³-hybridized carbons (Fsp3) is 0.222. The molecule has 0 spiro atoms. The van der Waals surface area contributed by atoms with Gasteiger partial charge in [-0.1, -0.05) is 35.9 Å². The molecule has 174 valence electrons. The standard InChI is InChI=1S/C27H24ClNO5/c1-16-10-22-19(14-29(15-33-22)13-18-6-4-5-7-20(18)28)27-25(16)26(30)24(34-27)12-17-8-9-21(31-2)23(11-17)32-3/h4-12H,13-15H2,1-3H3/b24-12-. The summed E-state index contributed by atoms with van der Waals surface area (Å²) in [6, 6.07) is 15.1. The Morgan fingerprint density at radius 3 is 2.65 bits per heavy atom. The molecule has 3 aromatic carbocycles. The molecular weight excluding hydrogens is 454 g/mol. The number of methoxy groups -OCH3 is 2. The van der Waals surface area contributed by atoms with Gasteiger partial charge >= 0.3 is 0 Å². The van der Waals surface area contributed by atoms with Crippen LogP contribution in [0.4, 0.5) is 0 Å². The predicted octanol–water partition coefficient (Wildman–Crippen LogP) is 5.63. The van der Waals surface area contributed by atoms with E-state index < -0.39 is 0 Å². The van der Waals surface area contributed by atoms with Gasteiger partial charge < -0.3 is 18.9 Å². The molecule has 0 bridgehead atoms. The Labute approximate surface area is 203 Å². The number of halogens is 1. The molecule has 2 aliphatic heterocycles. The molecule has 2 heterocycles. The lowest BCUT2D eigenvalue weighted by Crippen LogP contribution is -2.32. The van der Waals surface area contributed by atoms with Crippen LogP contribution in [0.15, 0.2) is 54.3 Å². The molecule has 0 aliphatic carbocycles. The van der Waals surface area contributed by atoms with Crippen LogP contribution in [-0.2, 0) is 13.1 Å². The fourth-order valence-electron chi connectivity index (χ4n) is 4.34. The minimum atomic E-state index is -0.145. The minimum absolute atomic E-state index is 0.145. The largest absolute Gasteiger partial charge is 0.493 e. The van der Waals surface area contributed by atoms with Crippen molar-refractivity contribution in [3.8, 4) is 23.0 Å². The monoisotopic (exact) mass is 477 g/mol. The number of aryl methyl sites for hydroxylation is 1. The van der Waals surface area contributed by atoms with Crippen LogP contribution in [-0.4, -0.2) is 31.6 Å². The summed E-state index contributed by atoms with van der Waals surface area (Å²) in [5.41, 5.74) is 4.06. The van der Waals surface area contributed by atoms with E-state index in [0.717, 1.165) is 28.0 Å². The van der Waals surface area contributed by atoms with Crippen molar-refractivity contribution in [2.45, 2.75) is 20.0 Å². The van der Waals surface area contributed by atoms with Crippen molar-refractivity contribution in [1.82, 2.24) is 4.90 Å². The average molecular weight is 478 g/mol. The third-order valence-corrected chi connectivity index (χ3v) is 6.41. The number of nitrogens with zero attached hydrogens (tertiary/aromatic N) is 1. The van der Waals surface area contributed by atoms with Crippen LogP contribution in [0, 0.1) is 6.92 Å². The van der Waals surface area contributed by atoms with Gasteiger partial charge in [-0.25, -0.2) is 0 Å². The second-order valence-corrected chi connectivity index (χ2v) is 8.69. The lowest BCUT2D eigenvalue weighted by molar-refractivity contribution is 0.0872. The van der Waals surface area contributed by atoms with Crippen molar-refractivity contribution >= 4 is 23.5 Å². The Hall–Kier alpha value is -3.48. The van der Waals surface area contributed by atoms with Crippen molar-refractivity contribution < 1.29 is 23.7 Å². The van der Waals surface area contributed by atoms with E-state index in [2.05, 4.69) is 4.90 Å². The Morgan fingerprint density at radius 1 is 1.09 bits per heavy atom. The maximum absolute atomic E-state index is 13.3. The van der Waals surface area contributed by atoms with Crippen molar-refractivity contribution in [2.24, 2.45) is 0 Å². The normalized spacial score (nSPS) is 16.0. The summed E-state index contributed by atoms with van der Waals surface area (Å²) in [4.78, 5) is 15.4. The number of hydrogen-bond acceptors (Lipinski definition) is 6. The molecule has 0 unspecified atom stereocenters. The molecule has 0 radical (unpaired) electrons. The van der Waals surface area contributed by atoms with E-state index in [0.29, 0.717) is 47.7 Å². The first-order chi connectivity index (χ1) is 16.5. The summed E-state index contributed by atoms with van der Waals surface area (Å²) >= 11 is 6.35. The molecule has 34 heavy (non-hydrogen) atoms. The van der Waals surface area contributed by atoms with E-state index in [1.54, 1.807) is 26.4 Å². The molecule has 7 heteroatoms. The Balaban J connectivity index is 1.46. The zero-order valence-corrected chi connectivity index (χ0v) is 19.9. The smallest absolute Gasteiger partial charge is 0.232 e. The molecule has 0 atom stereocenters. The van der Waals surface area contributed by atoms with Gasteiger partial charge in [0.25, 0.3) is 0 Å². The van der Waals surface area contributed by atoms with Crippen LogP contribution < -0.4 is 18.9 Å². The summed E-state index contributed by atoms with van der Waals surface area (Å²) in [5.74, 6) is 2.63. The molecule has 0 amide bonds. The number of carbonyl (C=O) groups excluding carboxylic acids is 1. The molecule has 2 aliphatic rings. The Kier molecular flexibility index (Phi) is 5.94. The average Bonchev–Trinajstić information content (AvgIpc) is 3.17. The highest BCUT2D eigenvalue weighted by Crippen LogP contribution is 2.44. The summed E-state index contributed by atoms with van der Waals surface area (Å²) in [7, 11) is 3.16. The zero-order valence-electron chi connectivity index (χ0n) is 19.2. The van der Waals surface area contributed by atoms with Crippen LogP contribution in [0.3, 0.4) is 0 Å². The lowest BCUT2D eigenvalue weighted by atomic mass is 9.98. The third-order valence-electron chi connectivity index (χ3n) is 6.04. The van der Waals surface area contributed by atoms with E-state index in [4.69, 9.17) is 30.5 Å². The number of fused-ring (bicyclic) bond motifs is 3. The van der Waals surface area contributed by atoms with E-state index in [9.17, 15) is 4.79 Å². The first-order valence-corrected chi connectivity index (χ1v) is 11.3. The van der Waals surface area contributed by atoms with E-state index >= 15 is 0 Å². The van der Waals surface area contributed by atoms with Gasteiger partial charge in [0.2, 0.25) is 5.78 Å². The predicted molar refractivity (Wildman–Crippen MR) is 130 cm³/mol. The fourth-order valence-corrected chi connectivity index (χ4v) is 4.53. The summed E-state index contributed by atoms with van der Waals surface area (Å²) < 4.78 is 22.9. The van der Waals surface area contributed by atoms with Gasteiger partial charge in [-0.15, -0.1) is 0 Å². The summed E-state index contributed by atoms with van der Waals surface area (Å²) in [6.07, 6.45) is 1.72. The van der Waals surface area contributed by atoms with Crippen LogP contribution in [0.5, 0.6) is 23.0 Å². The zero-order chi connectivity index (χ0) is 23.8. The van der Waals surface area contributed by atoms with Crippen LogP contribution in [0.2, 0.25) is 5.02 Å². The molecular formula is C27H24ClNO5. The number of allylic oxidation sites excluding steroid dienone is 1. The quantitative estimate of drug-likeness (QED) is 0.444. The van der Waals surface area contributed by atoms with Crippen molar-refractivity contribution in [1.29, 1.82) is 0 Å². The Bertz CT molecular complexity index is 1320. The minimum Gasteiger partial charge on any atom is -0.493 e. The van der Waals surface area contributed by atoms with Gasteiger partial charge in [-0.05, 0) is 54.0 Å². The molecule has 0 saturated heterocycles. The summed E-state index contributed by atoms with van der Waals surface area (Å²) in [6.45, 7) is 3.54. The molecule has 0 N–H and O–H groups in total. The van der Waals surface area contributed by atoms with Gasteiger partial charge in [0, 0.05) is 18.1 Å². The van der Waals surface area contributed by atoms with Gasteiger partial charge in [0.15, 0.2) is 17.3 Å². The molecule has 3 aromatic rings. The van der Waals surface area contributed by atoms with Gasteiger partial charge in [-0.3, -0.25) is 9.69 Å². The second-order valence-electron chi connectivity index (χ2n) is 8.28. The first kappa shape index (κ1) is 22.3. The van der Waals surface area contributed by atoms with E-state index in [1.165, 1.54) is 0 Å². The Morgan fingerprint density at radius 2 is 1.88 bits per heavy atom. The van der Waals surface area contributed by atoms with Crippen molar-refractivity contribution in [3.05, 3.63) is 87.1 Å². The van der Waals surface area contributed by atoms with Gasteiger partial charge in [-0.2, -0.15) is 0 Å². The number of rotatable bonds is 5. The maximum Gasteiger partial charge on any atom is 0.232 e. The molecule has 6 nitrogen and oxygen atoms in total. The lowest BCUT2D eigenvalue weighted by Gasteiger charge is -2.30.